The van der Waals surface area contributed by atoms with Crippen LogP contribution in [-0.2, 0) is 11.3 Å². The first-order valence-corrected chi connectivity index (χ1v) is 7.92. The van der Waals surface area contributed by atoms with Gasteiger partial charge in [0.05, 0.1) is 18.2 Å². The third-order valence-electron chi connectivity index (χ3n) is 4.01. The molecule has 0 spiro atoms. The molecule has 0 atom stereocenters. The highest BCUT2D eigenvalue weighted by molar-refractivity contribution is 5.92. The number of hydrogen-bond acceptors (Lipinski definition) is 3. The zero-order valence-electron chi connectivity index (χ0n) is 13.2. The summed E-state index contributed by atoms with van der Waals surface area (Å²) in [4.78, 5) is 14.4. The fraction of sp³-hybridized carbons (Fsp3) is 0.263. The van der Waals surface area contributed by atoms with E-state index in [1.807, 2.05) is 6.07 Å². The molecular weight excluding hydrogens is 305 g/mol. The van der Waals surface area contributed by atoms with E-state index in [0.717, 1.165) is 18.4 Å². The molecule has 0 aliphatic heterocycles. The van der Waals surface area contributed by atoms with Crippen LogP contribution < -0.4 is 5.32 Å². The van der Waals surface area contributed by atoms with Gasteiger partial charge in [0.15, 0.2) is 0 Å². The average molecular weight is 323 g/mol. The first-order chi connectivity index (χ1) is 11.6. The molecule has 1 aliphatic carbocycles. The second-order valence-electron chi connectivity index (χ2n) is 6.00. The summed E-state index contributed by atoms with van der Waals surface area (Å²) in [6, 6.07) is 15.6. The number of amides is 1. The van der Waals surface area contributed by atoms with E-state index < -0.39 is 0 Å². The second kappa shape index (κ2) is 7.24. The Balaban J connectivity index is 1.59. The van der Waals surface area contributed by atoms with Crippen LogP contribution in [0.15, 0.2) is 48.5 Å². The zero-order valence-corrected chi connectivity index (χ0v) is 13.2. The van der Waals surface area contributed by atoms with Gasteiger partial charge in [0, 0.05) is 18.3 Å². The van der Waals surface area contributed by atoms with Crippen molar-refractivity contribution in [3.05, 3.63) is 65.5 Å². The Morgan fingerprint density at radius 3 is 2.42 bits per heavy atom. The monoisotopic (exact) mass is 323 g/mol. The molecule has 1 fully saturated rings. The van der Waals surface area contributed by atoms with Gasteiger partial charge in [-0.3, -0.25) is 9.69 Å². The molecular formula is C19H18FN3O. The number of halogens is 1. The largest absolute Gasteiger partial charge is 0.325 e. The molecule has 2 aromatic rings. The van der Waals surface area contributed by atoms with Gasteiger partial charge in [-0.25, -0.2) is 4.39 Å². The van der Waals surface area contributed by atoms with E-state index in [0.29, 0.717) is 30.4 Å². The minimum Gasteiger partial charge on any atom is -0.325 e. The normalized spacial score (nSPS) is 13.5. The predicted octanol–water partition coefficient (Wildman–Crippen LogP) is 3.30. The topological polar surface area (TPSA) is 56.1 Å². The van der Waals surface area contributed by atoms with Crippen molar-refractivity contribution in [2.45, 2.75) is 25.4 Å². The first-order valence-electron chi connectivity index (χ1n) is 7.92. The Hall–Kier alpha value is -2.71. The second-order valence-corrected chi connectivity index (χ2v) is 6.00. The van der Waals surface area contributed by atoms with E-state index in [-0.39, 0.29) is 11.7 Å². The number of carbonyl (C=O) groups excluding carboxylic acids is 1. The summed E-state index contributed by atoms with van der Waals surface area (Å²) in [7, 11) is 0. The van der Waals surface area contributed by atoms with Crippen LogP contribution in [0.5, 0.6) is 0 Å². The van der Waals surface area contributed by atoms with Crippen molar-refractivity contribution in [1.82, 2.24) is 4.90 Å². The lowest BCUT2D eigenvalue weighted by molar-refractivity contribution is -0.117. The van der Waals surface area contributed by atoms with E-state index >= 15 is 0 Å². The fourth-order valence-corrected chi connectivity index (χ4v) is 2.59. The van der Waals surface area contributed by atoms with Gasteiger partial charge in [0.25, 0.3) is 0 Å². The van der Waals surface area contributed by atoms with E-state index in [1.54, 1.807) is 36.4 Å². The molecule has 122 valence electrons. The van der Waals surface area contributed by atoms with Crippen LogP contribution in [0, 0.1) is 17.1 Å². The van der Waals surface area contributed by atoms with Gasteiger partial charge < -0.3 is 5.32 Å². The Bertz CT molecular complexity index is 746. The molecule has 3 rings (SSSR count). The highest BCUT2D eigenvalue weighted by atomic mass is 19.1. The van der Waals surface area contributed by atoms with Crippen LogP contribution in [0.1, 0.15) is 24.0 Å². The maximum atomic E-state index is 13.0. The minimum absolute atomic E-state index is 0.0891. The van der Waals surface area contributed by atoms with Crippen molar-refractivity contribution in [3.63, 3.8) is 0 Å². The van der Waals surface area contributed by atoms with E-state index in [4.69, 9.17) is 5.26 Å². The Kier molecular flexibility index (Phi) is 4.88. The fourth-order valence-electron chi connectivity index (χ4n) is 2.59. The van der Waals surface area contributed by atoms with Gasteiger partial charge in [-0.05, 0) is 54.8 Å². The summed E-state index contributed by atoms with van der Waals surface area (Å²) in [6.45, 7) is 0.924. The van der Waals surface area contributed by atoms with Crippen molar-refractivity contribution >= 4 is 11.6 Å². The summed E-state index contributed by atoms with van der Waals surface area (Å²) in [6.07, 6.45) is 2.18. The molecule has 1 N–H and O–H groups in total. The number of hydrogen-bond donors (Lipinski definition) is 1. The summed E-state index contributed by atoms with van der Waals surface area (Å²) in [5.41, 5.74) is 2.23. The molecule has 0 heterocycles. The SMILES string of the molecule is N#Cc1ccc(NC(=O)CN(Cc2ccc(F)cc2)C2CC2)cc1. The number of nitriles is 1. The Morgan fingerprint density at radius 2 is 1.83 bits per heavy atom. The molecule has 0 aromatic heterocycles. The lowest BCUT2D eigenvalue weighted by Crippen LogP contribution is -2.34. The van der Waals surface area contributed by atoms with E-state index in [9.17, 15) is 9.18 Å². The molecule has 24 heavy (non-hydrogen) atoms. The van der Waals surface area contributed by atoms with Gasteiger partial charge >= 0.3 is 0 Å². The highest BCUT2D eigenvalue weighted by Crippen LogP contribution is 2.28. The molecule has 0 bridgehead atoms. The molecule has 0 saturated heterocycles. The molecule has 0 unspecified atom stereocenters. The van der Waals surface area contributed by atoms with Gasteiger partial charge in [-0.2, -0.15) is 5.26 Å². The third-order valence-corrected chi connectivity index (χ3v) is 4.01. The summed E-state index contributed by atoms with van der Waals surface area (Å²) < 4.78 is 13.0. The molecule has 2 aromatic carbocycles. The van der Waals surface area contributed by atoms with Crippen molar-refractivity contribution in [1.29, 1.82) is 5.26 Å². The van der Waals surface area contributed by atoms with E-state index in [1.165, 1.54) is 12.1 Å². The first kappa shape index (κ1) is 16.2. The van der Waals surface area contributed by atoms with Crippen molar-refractivity contribution in [2.75, 3.05) is 11.9 Å². The average Bonchev–Trinajstić information content (AvgIpc) is 3.42. The summed E-state index contributed by atoms with van der Waals surface area (Å²) >= 11 is 0. The minimum atomic E-state index is -0.254. The quantitative estimate of drug-likeness (QED) is 0.887. The molecule has 5 heteroatoms. The third kappa shape index (κ3) is 4.40. The standard InChI is InChI=1S/C19H18FN3O/c20-16-5-1-15(2-6-16)12-23(18-9-10-18)13-19(24)22-17-7-3-14(11-21)4-8-17/h1-8,18H,9-10,12-13H2,(H,22,24). The molecule has 0 radical (unpaired) electrons. The highest BCUT2D eigenvalue weighted by Gasteiger charge is 2.30. The van der Waals surface area contributed by atoms with Crippen LogP contribution in [0.3, 0.4) is 0 Å². The van der Waals surface area contributed by atoms with Gasteiger partial charge in [0.2, 0.25) is 5.91 Å². The number of rotatable bonds is 6. The van der Waals surface area contributed by atoms with E-state index in [2.05, 4.69) is 10.2 Å². The van der Waals surface area contributed by atoms with Crippen LogP contribution in [0.4, 0.5) is 10.1 Å². The van der Waals surface area contributed by atoms with Gasteiger partial charge in [-0.1, -0.05) is 12.1 Å². The van der Waals surface area contributed by atoms with Crippen LogP contribution in [0.2, 0.25) is 0 Å². The summed E-state index contributed by atoms with van der Waals surface area (Å²) in [5, 5.41) is 11.6. The number of benzene rings is 2. The zero-order chi connectivity index (χ0) is 16.9. The lowest BCUT2D eigenvalue weighted by atomic mass is 10.2. The van der Waals surface area contributed by atoms with Gasteiger partial charge in [0.1, 0.15) is 5.82 Å². The molecule has 1 aliphatic rings. The van der Waals surface area contributed by atoms with Gasteiger partial charge in [-0.15, -0.1) is 0 Å². The molecule has 1 saturated carbocycles. The number of carbonyl (C=O) groups is 1. The van der Waals surface area contributed by atoms with Crippen LogP contribution in [-0.4, -0.2) is 23.4 Å². The molecule has 4 nitrogen and oxygen atoms in total. The number of nitrogens with zero attached hydrogens (tertiary/aromatic N) is 2. The molecule has 1 amide bonds. The van der Waals surface area contributed by atoms with Crippen LogP contribution in [0.25, 0.3) is 0 Å². The Morgan fingerprint density at radius 1 is 1.17 bits per heavy atom. The predicted molar refractivity (Wildman–Crippen MR) is 89.6 cm³/mol. The van der Waals surface area contributed by atoms with Crippen molar-refractivity contribution in [2.24, 2.45) is 0 Å². The summed E-state index contributed by atoms with van der Waals surface area (Å²) in [5.74, 6) is -0.344. The number of anilines is 1. The maximum absolute atomic E-state index is 13.0. The van der Waals surface area contributed by atoms with Crippen molar-refractivity contribution < 1.29 is 9.18 Å². The Labute approximate surface area is 140 Å². The lowest BCUT2D eigenvalue weighted by Gasteiger charge is -2.21. The maximum Gasteiger partial charge on any atom is 0.238 e. The van der Waals surface area contributed by atoms with Crippen LogP contribution >= 0.6 is 0 Å². The number of nitrogens with one attached hydrogen (secondary N) is 1. The van der Waals surface area contributed by atoms with Crippen molar-refractivity contribution in [3.8, 4) is 6.07 Å². The smallest absolute Gasteiger partial charge is 0.238 e.